The summed E-state index contributed by atoms with van der Waals surface area (Å²) >= 11 is 0. The fourth-order valence-electron chi connectivity index (χ4n) is 2.23. The van der Waals surface area contributed by atoms with Crippen molar-refractivity contribution >= 4 is 13.3 Å². The van der Waals surface area contributed by atoms with E-state index in [4.69, 9.17) is 11.5 Å². The number of rotatable bonds is 1. The first-order chi connectivity index (χ1) is 6.57. The molecular weight excluding hydrogens is 171 g/mol. The van der Waals surface area contributed by atoms with Crippen molar-refractivity contribution in [3.8, 4) is 0 Å². The van der Waals surface area contributed by atoms with Gasteiger partial charge in [-0.25, -0.2) is 0 Å². The summed E-state index contributed by atoms with van der Waals surface area (Å²) in [7, 11) is 2.11. The van der Waals surface area contributed by atoms with Crippen LogP contribution >= 0.6 is 0 Å². The molecule has 14 heavy (non-hydrogen) atoms. The normalized spacial score (nSPS) is 25.1. The van der Waals surface area contributed by atoms with Crippen molar-refractivity contribution in [2.45, 2.75) is 30.8 Å². The molecule has 0 amide bonds. The first-order valence-electron chi connectivity index (χ1n) is 5.21. The topological polar surface area (TPSA) is 52.0 Å². The molecule has 0 bridgehead atoms. The van der Waals surface area contributed by atoms with Crippen LogP contribution in [0.2, 0.25) is 0 Å². The molecule has 2 rings (SSSR count). The van der Waals surface area contributed by atoms with Gasteiger partial charge in [0.15, 0.2) is 0 Å². The molecule has 1 saturated carbocycles. The lowest BCUT2D eigenvalue weighted by Crippen LogP contribution is -2.46. The van der Waals surface area contributed by atoms with Gasteiger partial charge in [-0.05, 0) is 30.7 Å². The molecule has 0 aliphatic heterocycles. The summed E-state index contributed by atoms with van der Waals surface area (Å²) < 4.78 is 0. The summed E-state index contributed by atoms with van der Waals surface area (Å²) in [4.78, 5) is 0. The van der Waals surface area contributed by atoms with E-state index in [0.29, 0.717) is 5.92 Å². The van der Waals surface area contributed by atoms with Crippen LogP contribution < -0.4 is 16.9 Å². The molecule has 3 heteroatoms. The van der Waals surface area contributed by atoms with E-state index < -0.39 is 5.66 Å². The van der Waals surface area contributed by atoms with Crippen molar-refractivity contribution in [2.75, 3.05) is 0 Å². The van der Waals surface area contributed by atoms with Crippen molar-refractivity contribution in [2.24, 2.45) is 11.5 Å². The van der Waals surface area contributed by atoms with Gasteiger partial charge in [-0.1, -0.05) is 29.7 Å². The predicted molar refractivity (Wildman–Crippen MR) is 62.3 cm³/mol. The Labute approximate surface area is 86.1 Å². The van der Waals surface area contributed by atoms with Crippen LogP contribution in [0.25, 0.3) is 0 Å². The molecule has 2 nitrogen and oxygen atoms in total. The van der Waals surface area contributed by atoms with Crippen molar-refractivity contribution in [3.05, 3.63) is 29.8 Å². The highest BCUT2D eigenvalue weighted by atomic mass is 15.0. The third kappa shape index (κ3) is 1.99. The molecule has 0 radical (unpaired) electrons. The Balaban J connectivity index is 2.14. The Bertz CT molecular complexity index is 319. The largest absolute Gasteiger partial charge is 0.313 e. The number of nitrogens with two attached hydrogens (primary N) is 2. The number of hydrogen-bond acceptors (Lipinski definition) is 2. The zero-order valence-corrected chi connectivity index (χ0v) is 8.66. The molecule has 1 aromatic carbocycles. The lowest BCUT2D eigenvalue weighted by atomic mass is 9.90. The van der Waals surface area contributed by atoms with E-state index in [2.05, 4.69) is 32.1 Å². The molecule has 0 saturated heterocycles. The summed E-state index contributed by atoms with van der Waals surface area (Å²) in [6.07, 6.45) is 2.97. The molecule has 4 N–H and O–H groups in total. The zero-order valence-electron chi connectivity index (χ0n) is 8.66. The summed E-state index contributed by atoms with van der Waals surface area (Å²) in [5.41, 5.74) is 14.1. The summed E-state index contributed by atoms with van der Waals surface area (Å²) in [5.74, 6) is 0.561. The first kappa shape index (κ1) is 9.75. The van der Waals surface area contributed by atoms with Gasteiger partial charge in [0.2, 0.25) is 0 Å². The van der Waals surface area contributed by atoms with Crippen LogP contribution in [0.1, 0.15) is 30.7 Å². The summed E-state index contributed by atoms with van der Waals surface area (Å²) in [5, 5.41) is 0. The van der Waals surface area contributed by atoms with Crippen LogP contribution in [0.15, 0.2) is 24.3 Å². The van der Waals surface area contributed by atoms with Gasteiger partial charge in [0.1, 0.15) is 7.85 Å². The molecule has 0 spiro atoms. The van der Waals surface area contributed by atoms with Crippen LogP contribution in [0.4, 0.5) is 0 Å². The molecule has 74 valence electrons. The van der Waals surface area contributed by atoms with E-state index >= 15 is 0 Å². The predicted octanol–water partition coefficient (Wildman–Crippen LogP) is -0.174. The maximum atomic E-state index is 5.91. The van der Waals surface area contributed by atoms with E-state index in [-0.39, 0.29) is 0 Å². The molecule has 1 aromatic rings. The monoisotopic (exact) mass is 188 g/mol. The van der Waals surface area contributed by atoms with Crippen LogP contribution in [0.5, 0.6) is 0 Å². The summed E-state index contributed by atoms with van der Waals surface area (Å²) in [6, 6.07) is 8.70. The maximum Gasteiger partial charge on any atom is 0.139 e. The molecular formula is C11H17BN2. The van der Waals surface area contributed by atoms with Gasteiger partial charge in [-0.15, -0.1) is 0 Å². The van der Waals surface area contributed by atoms with Crippen molar-refractivity contribution in [3.63, 3.8) is 0 Å². The molecule has 1 atom stereocenters. The van der Waals surface area contributed by atoms with E-state index in [1.165, 1.54) is 11.0 Å². The van der Waals surface area contributed by atoms with Crippen LogP contribution in [-0.2, 0) is 0 Å². The van der Waals surface area contributed by atoms with Gasteiger partial charge in [-0.3, -0.25) is 0 Å². The fraction of sp³-hybridized carbons (Fsp3) is 0.455. The van der Waals surface area contributed by atoms with Gasteiger partial charge in [-0.2, -0.15) is 0 Å². The molecule has 0 aromatic heterocycles. The van der Waals surface area contributed by atoms with Gasteiger partial charge in [0, 0.05) is 0 Å². The standard InChI is InChI=1S/C11H17BN2/c12-10-3-1-8(2-4-10)9-5-6-11(13,14)7-9/h1-4,9H,5-7,12-14H2/t9-/m1/s1. The van der Waals surface area contributed by atoms with Crippen LogP contribution in [0, 0.1) is 0 Å². The van der Waals surface area contributed by atoms with Crippen molar-refractivity contribution < 1.29 is 0 Å². The van der Waals surface area contributed by atoms with E-state index in [0.717, 1.165) is 19.3 Å². The highest BCUT2D eigenvalue weighted by molar-refractivity contribution is 6.32. The summed E-state index contributed by atoms with van der Waals surface area (Å²) in [6.45, 7) is 0. The second-order valence-electron chi connectivity index (χ2n) is 4.58. The number of hydrogen-bond donors (Lipinski definition) is 2. The van der Waals surface area contributed by atoms with E-state index in [1.807, 2.05) is 0 Å². The minimum Gasteiger partial charge on any atom is -0.313 e. The quantitative estimate of drug-likeness (QED) is 0.474. The lowest BCUT2D eigenvalue weighted by Gasteiger charge is -2.17. The molecule has 1 aliphatic rings. The zero-order chi connectivity index (χ0) is 10.2. The third-order valence-corrected chi connectivity index (χ3v) is 3.13. The minimum atomic E-state index is -0.435. The first-order valence-corrected chi connectivity index (χ1v) is 5.21. The molecule has 0 heterocycles. The van der Waals surface area contributed by atoms with Crippen molar-refractivity contribution in [1.82, 2.24) is 0 Å². The highest BCUT2D eigenvalue weighted by Crippen LogP contribution is 2.36. The average molecular weight is 188 g/mol. The highest BCUT2D eigenvalue weighted by Gasteiger charge is 2.32. The number of benzene rings is 1. The van der Waals surface area contributed by atoms with E-state index in [9.17, 15) is 0 Å². The molecule has 1 aliphatic carbocycles. The lowest BCUT2D eigenvalue weighted by molar-refractivity contribution is 0.452. The maximum absolute atomic E-state index is 5.91. The average Bonchev–Trinajstić information content (AvgIpc) is 2.47. The molecule has 1 fully saturated rings. The Morgan fingerprint density at radius 3 is 2.36 bits per heavy atom. The second-order valence-corrected chi connectivity index (χ2v) is 4.58. The van der Waals surface area contributed by atoms with Crippen LogP contribution in [0.3, 0.4) is 0 Å². The van der Waals surface area contributed by atoms with E-state index in [1.54, 1.807) is 0 Å². The Morgan fingerprint density at radius 2 is 1.86 bits per heavy atom. The Hall–Kier alpha value is -0.795. The van der Waals surface area contributed by atoms with Gasteiger partial charge in [0.05, 0.1) is 5.66 Å². The SMILES string of the molecule is Bc1ccc([C@@H]2CCC(N)(N)C2)cc1. The Kier molecular flexibility index (Phi) is 2.37. The Morgan fingerprint density at radius 1 is 1.21 bits per heavy atom. The second kappa shape index (κ2) is 3.41. The van der Waals surface area contributed by atoms with Gasteiger partial charge in [0.25, 0.3) is 0 Å². The van der Waals surface area contributed by atoms with Crippen LogP contribution in [-0.4, -0.2) is 13.5 Å². The smallest absolute Gasteiger partial charge is 0.139 e. The van der Waals surface area contributed by atoms with Gasteiger partial charge < -0.3 is 11.5 Å². The van der Waals surface area contributed by atoms with Gasteiger partial charge >= 0.3 is 0 Å². The minimum absolute atomic E-state index is 0.435. The van der Waals surface area contributed by atoms with Crippen molar-refractivity contribution in [1.29, 1.82) is 0 Å². The third-order valence-electron chi connectivity index (χ3n) is 3.13. The fourth-order valence-corrected chi connectivity index (χ4v) is 2.23. The molecule has 0 unspecified atom stereocenters.